The lowest BCUT2D eigenvalue weighted by Gasteiger charge is -2.34. The molecule has 0 radical (unpaired) electrons. The van der Waals surface area contributed by atoms with Gasteiger partial charge in [-0.25, -0.2) is 0 Å². The lowest BCUT2D eigenvalue weighted by molar-refractivity contribution is 0.111. The van der Waals surface area contributed by atoms with Gasteiger partial charge in [0, 0.05) is 45.5 Å². The quantitative estimate of drug-likeness (QED) is 0.818. The molecule has 2 aromatic rings. The Morgan fingerprint density at radius 1 is 0.864 bits per heavy atom. The minimum absolute atomic E-state index is 0.754. The molecular weight excluding hydrogens is 274 g/mol. The fraction of sp³-hybridized carbons (Fsp3) is 0.389. The molecule has 0 N–H and O–H groups in total. The summed E-state index contributed by atoms with van der Waals surface area (Å²) in [6.07, 6.45) is 1.87. The third-order valence-corrected chi connectivity index (χ3v) is 4.00. The van der Waals surface area contributed by atoms with Crippen molar-refractivity contribution in [1.29, 1.82) is 0 Å². The normalized spacial score (nSPS) is 16.5. The van der Waals surface area contributed by atoms with Crippen LogP contribution in [0.15, 0.2) is 54.7 Å². The van der Waals surface area contributed by atoms with Crippen LogP contribution in [0.2, 0.25) is 0 Å². The van der Waals surface area contributed by atoms with E-state index >= 15 is 0 Å². The van der Waals surface area contributed by atoms with Crippen molar-refractivity contribution < 1.29 is 4.74 Å². The van der Waals surface area contributed by atoms with Crippen LogP contribution in [-0.2, 0) is 6.54 Å². The van der Waals surface area contributed by atoms with Crippen LogP contribution in [-0.4, -0.2) is 54.1 Å². The van der Waals surface area contributed by atoms with Crippen molar-refractivity contribution in [3.63, 3.8) is 0 Å². The van der Waals surface area contributed by atoms with Gasteiger partial charge in [-0.3, -0.25) is 14.8 Å². The highest BCUT2D eigenvalue weighted by Gasteiger charge is 2.16. The Bertz CT molecular complexity index is 539. The highest BCUT2D eigenvalue weighted by molar-refractivity contribution is 5.20. The van der Waals surface area contributed by atoms with Gasteiger partial charge < -0.3 is 4.74 Å². The van der Waals surface area contributed by atoms with Crippen LogP contribution >= 0.6 is 0 Å². The molecule has 2 heterocycles. The summed E-state index contributed by atoms with van der Waals surface area (Å²) in [4.78, 5) is 9.34. The molecule has 0 spiro atoms. The van der Waals surface area contributed by atoms with E-state index in [0.29, 0.717) is 0 Å². The highest BCUT2D eigenvalue weighted by atomic mass is 16.5. The largest absolute Gasteiger partial charge is 0.492 e. The molecule has 0 bridgehead atoms. The summed E-state index contributed by atoms with van der Waals surface area (Å²) in [5, 5.41) is 0. The number of aromatic nitrogens is 1. The second-order valence-corrected chi connectivity index (χ2v) is 5.60. The third kappa shape index (κ3) is 4.55. The number of hydrogen-bond acceptors (Lipinski definition) is 4. The Balaban J connectivity index is 1.35. The maximum atomic E-state index is 5.77. The molecule has 4 nitrogen and oxygen atoms in total. The van der Waals surface area contributed by atoms with Crippen LogP contribution in [0.3, 0.4) is 0 Å². The van der Waals surface area contributed by atoms with E-state index in [-0.39, 0.29) is 0 Å². The van der Waals surface area contributed by atoms with Crippen molar-refractivity contribution in [2.24, 2.45) is 0 Å². The van der Waals surface area contributed by atoms with Gasteiger partial charge in [-0.1, -0.05) is 24.3 Å². The first-order valence-corrected chi connectivity index (χ1v) is 7.92. The van der Waals surface area contributed by atoms with Gasteiger partial charge in [-0.15, -0.1) is 0 Å². The molecule has 0 amide bonds. The monoisotopic (exact) mass is 297 g/mol. The van der Waals surface area contributed by atoms with E-state index in [1.165, 1.54) is 0 Å². The summed E-state index contributed by atoms with van der Waals surface area (Å²) in [5.41, 5.74) is 1.16. The van der Waals surface area contributed by atoms with Gasteiger partial charge in [0.15, 0.2) is 0 Å². The van der Waals surface area contributed by atoms with Crippen molar-refractivity contribution in [1.82, 2.24) is 14.8 Å². The van der Waals surface area contributed by atoms with Crippen LogP contribution in [0.1, 0.15) is 5.69 Å². The Labute approximate surface area is 132 Å². The summed E-state index contributed by atoms with van der Waals surface area (Å²) in [6.45, 7) is 7.10. The van der Waals surface area contributed by atoms with Crippen molar-refractivity contribution in [2.75, 3.05) is 39.3 Å². The molecule has 0 unspecified atom stereocenters. The first kappa shape index (κ1) is 15.0. The zero-order chi connectivity index (χ0) is 15.0. The number of ether oxygens (including phenoxy) is 1. The molecule has 1 fully saturated rings. The summed E-state index contributed by atoms with van der Waals surface area (Å²) >= 11 is 0. The molecule has 0 saturated carbocycles. The van der Waals surface area contributed by atoms with Gasteiger partial charge >= 0.3 is 0 Å². The molecule has 1 aromatic carbocycles. The molecule has 1 aliphatic rings. The maximum absolute atomic E-state index is 5.77. The smallest absolute Gasteiger partial charge is 0.119 e. The summed E-state index contributed by atoms with van der Waals surface area (Å²) < 4.78 is 5.77. The fourth-order valence-corrected chi connectivity index (χ4v) is 2.70. The second-order valence-electron chi connectivity index (χ2n) is 5.60. The fourth-order valence-electron chi connectivity index (χ4n) is 2.70. The topological polar surface area (TPSA) is 28.6 Å². The summed E-state index contributed by atoms with van der Waals surface area (Å²) in [6, 6.07) is 16.1. The minimum Gasteiger partial charge on any atom is -0.492 e. The van der Waals surface area contributed by atoms with Crippen molar-refractivity contribution in [3.05, 3.63) is 60.4 Å². The van der Waals surface area contributed by atoms with E-state index in [0.717, 1.165) is 57.3 Å². The number of pyridine rings is 1. The van der Waals surface area contributed by atoms with Crippen LogP contribution in [0.4, 0.5) is 0 Å². The van der Waals surface area contributed by atoms with Crippen molar-refractivity contribution >= 4 is 0 Å². The Morgan fingerprint density at radius 2 is 1.59 bits per heavy atom. The molecule has 0 atom stereocenters. The van der Waals surface area contributed by atoms with Crippen LogP contribution in [0, 0.1) is 0 Å². The average Bonchev–Trinajstić information content (AvgIpc) is 2.58. The lowest BCUT2D eigenvalue weighted by atomic mass is 10.2. The molecular formula is C18H23N3O. The SMILES string of the molecule is c1ccc(OCCN2CCN(Cc3ccccn3)CC2)cc1. The van der Waals surface area contributed by atoms with Gasteiger partial charge in [-0.05, 0) is 24.3 Å². The molecule has 1 aliphatic heterocycles. The first-order valence-electron chi connectivity index (χ1n) is 7.92. The molecule has 4 heteroatoms. The van der Waals surface area contributed by atoms with E-state index in [1.807, 2.05) is 42.6 Å². The summed E-state index contributed by atoms with van der Waals surface area (Å²) in [7, 11) is 0. The minimum atomic E-state index is 0.754. The van der Waals surface area contributed by atoms with Gasteiger partial charge in [0.2, 0.25) is 0 Å². The standard InChI is InChI=1S/C18H23N3O/c1-2-7-18(8-3-1)22-15-14-20-10-12-21(13-11-20)16-17-6-4-5-9-19-17/h1-9H,10-16H2. The third-order valence-electron chi connectivity index (χ3n) is 4.00. The van der Waals surface area contributed by atoms with Crippen molar-refractivity contribution in [3.8, 4) is 5.75 Å². The predicted octanol–water partition coefficient (Wildman–Crippen LogP) is 2.28. The van der Waals surface area contributed by atoms with Crippen LogP contribution < -0.4 is 4.74 Å². The van der Waals surface area contributed by atoms with E-state index in [2.05, 4.69) is 26.9 Å². The lowest BCUT2D eigenvalue weighted by Crippen LogP contribution is -2.47. The molecule has 1 aromatic heterocycles. The van der Waals surface area contributed by atoms with Crippen LogP contribution in [0.25, 0.3) is 0 Å². The van der Waals surface area contributed by atoms with Gasteiger partial charge in [0.05, 0.1) is 5.69 Å². The maximum Gasteiger partial charge on any atom is 0.119 e. The van der Waals surface area contributed by atoms with E-state index in [1.54, 1.807) is 0 Å². The Kier molecular flexibility index (Phi) is 5.40. The van der Waals surface area contributed by atoms with E-state index in [9.17, 15) is 0 Å². The number of benzene rings is 1. The number of rotatable bonds is 6. The molecule has 0 aliphatic carbocycles. The number of nitrogens with zero attached hydrogens (tertiary/aromatic N) is 3. The summed E-state index contributed by atoms with van der Waals surface area (Å²) in [5.74, 6) is 0.955. The predicted molar refractivity (Wildman–Crippen MR) is 87.9 cm³/mol. The number of para-hydroxylation sites is 1. The van der Waals surface area contributed by atoms with Gasteiger partial charge in [0.1, 0.15) is 12.4 Å². The van der Waals surface area contributed by atoms with Gasteiger partial charge in [-0.2, -0.15) is 0 Å². The Hall–Kier alpha value is -1.91. The Morgan fingerprint density at radius 3 is 2.32 bits per heavy atom. The average molecular weight is 297 g/mol. The van der Waals surface area contributed by atoms with E-state index < -0.39 is 0 Å². The number of piperazine rings is 1. The molecule has 116 valence electrons. The number of hydrogen-bond donors (Lipinski definition) is 0. The first-order chi connectivity index (χ1) is 10.9. The van der Waals surface area contributed by atoms with Crippen LogP contribution in [0.5, 0.6) is 5.75 Å². The molecule has 1 saturated heterocycles. The molecule has 22 heavy (non-hydrogen) atoms. The van der Waals surface area contributed by atoms with Crippen molar-refractivity contribution in [2.45, 2.75) is 6.54 Å². The molecule has 3 rings (SSSR count). The van der Waals surface area contributed by atoms with Gasteiger partial charge in [0.25, 0.3) is 0 Å². The second kappa shape index (κ2) is 7.92. The highest BCUT2D eigenvalue weighted by Crippen LogP contribution is 2.09. The zero-order valence-corrected chi connectivity index (χ0v) is 12.9. The zero-order valence-electron chi connectivity index (χ0n) is 12.9. The van der Waals surface area contributed by atoms with E-state index in [4.69, 9.17) is 4.74 Å².